The Balaban J connectivity index is 2.03. The summed E-state index contributed by atoms with van der Waals surface area (Å²) in [6.07, 6.45) is 3.06. The Morgan fingerprint density at radius 3 is 3.00 bits per heavy atom. The van der Waals surface area contributed by atoms with Gasteiger partial charge in [-0.05, 0) is 13.8 Å². The summed E-state index contributed by atoms with van der Waals surface area (Å²) >= 11 is 1.55. The number of H-pyrrole nitrogens is 1. The van der Waals surface area contributed by atoms with Crippen molar-refractivity contribution in [1.29, 1.82) is 0 Å². The van der Waals surface area contributed by atoms with E-state index in [9.17, 15) is 4.79 Å². The first kappa shape index (κ1) is 10.8. The molecule has 0 aromatic carbocycles. The Labute approximate surface area is 96.9 Å². The van der Waals surface area contributed by atoms with Gasteiger partial charge in [-0.2, -0.15) is 5.10 Å². The van der Waals surface area contributed by atoms with E-state index in [0.29, 0.717) is 5.56 Å². The molecule has 0 aliphatic carbocycles. The van der Waals surface area contributed by atoms with E-state index in [-0.39, 0.29) is 11.9 Å². The third-order valence-corrected chi connectivity index (χ3v) is 3.26. The van der Waals surface area contributed by atoms with Crippen LogP contribution in [0.25, 0.3) is 0 Å². The maximum Gasteiger partial charge on any atom is 0.255 e. The average molecular weight is 236 g/mol. The second kappa shape index (κ2) is 4.44. The van der Waals surface area contributed by atoms with E-state index in [2.05, 4.69) is 20.5 Å². The van der Waals surface area contributed by atoms with Crippen molar-refractivity contribution in [2.45, 2.75) is 19.9 Å². The average Bonchev–Trinajstić information content (AvgIpc) is 2.87. The molecule has 2 aromatic rings. The summed E-state index contributed by atoms with van der Waals surface area (Å²) in [5.41, 5.74) is 1.50. The summed E-state index contributed by atoms with van der Waals surface area (Å²) in [4.78, 5) is 16.0. The van der Waals surface area contributed by atoms with Crippen LogP contribution in [0, 0.1) is 6.92 Å². The predicted molar refractivity (Wildman–Crippen MR) is 61.3 cm³/mol. The Hall–Kier alpha value is -1.69. The van der Waals surface area contributed by atoms with Gasteiger partial charge in [0.1, 0.15) is 5.01 Å². The number of amides is 1. The van der Waals surface area contributed by atoms with E-state index in [1.54, 1.807) is 17.5 Å². The largest absolute Gasteiger partial charge is 0.343 e. The summed E-state index contributed by atoms with van der Waals surface area (Å²) in [7, 11) is 0. The van der Waals surface area contributed by atoms with Gasteiger partial charge < -0.3 is 5.32 Å². The fourth-order valence-corrected chi connectivity index (χ4v) is 2.09. The summed E-state index contributed by atoms with van der Waals surface area (Å²) in [5.74, 6) is -0.144. The molecule has 2 N–H and O–H groups in total. The van der Waals surface area contributed by atoms with Crippen LogP contribution >= 0.6 is 11.3 Å². The molecule has 1 amide bonds. The molecule has 0 saturated carbocycles. The molecule has 1 unspecified atom stereocenters. The van der Waals surface area contributed by atoms with Gasteiger partial charge in [0.25, 0.3) is 5.91 Å². The molecule has 84 valence electrons. The maximum atomic E-state index is 11.7. The molecule has 0 fully saturated rings. The van der Waals surface area contributed by atoms with Crippen molar-refractivity contribution in [3.05, 3.63) is 34.0 Å². The number of aromatic nitrogens is 3. The van der Waals surface area contributed by atoms with Crippen LogP contribution in [0.4, 0.5) is 0 Å². The van der Waals surface area contributed by atoms with E-state index in [1.807, 2.05) is 19.2 Å². The zero-order valence-corrected chi connectivity index (χ0v) is 9.84. The second-order valence-corrected chi connectivity index (χ2v) is 4.40. The summed E-state index contributed by atoms with van der Waals surface area (Å²) in [5, 5.41) is 12.1. The number of aryl methyl sites for hydroxylation is 1. The molecule has 2 aromatic heterocycles. The Kier molecular flexibility index (Phi) is 3.00. The Morgan fingerprint density at radius 1 is 1.62 bits per heavy atom. The summed E-state index contributed by atoms with van der Waals surface area (Å²) in [6, 6.07) is -0.0823. The van der Waals surface area contributed by atoms with Crippen molar-refractivity contribution < 1.29 is 4.79 Å². The van der Waals surface area contributed by atoms with E-state index in [0.717, 1.165) is 10.7 Å². The molecule has 0 bridgehead atoms. The fourth-order valence-electron chi connectivity index (χ4n) is 1.29. The number of nitrogens with one attached hydrogen (secondary N) is 2. The first-order valence-corrected chi connectivity index (χ1v) is 5.76. The zero-order chi connectivity index (χ0) is 11.5. The smallest absolute Gasteiger partial charge is 0.255 e. The highest BCUT2D eigenvalue weighted by Gasteiger charge is 2.14. The van der Waals surface area contributed by atoms with Gasteiger partial charge in [0.05, 0.1) is 17.8 Å². The number of thiazole rings is 1. The highest BCUT2D eigenvalue weighted by Crippen LogP contribution is 2.17. The lowest BCUT2D eigenvalue weighted by Gasteiger charge is -2.09. The lowest BCUT2D eigenvalue weighted by atomic mass is 10.3. The van der Waals surface area contributed by atoms with Crippen LogP contribution in [0.15, 0.2) is 17.8 Å². The van der Waals surface area contributed by atoms with Crippen LogP contribution in [0.5, 0.6) is 0 Å². The number of carbonyl (C=O) groups excluding carboxylic acids is 1. The third-order valence-electron chi connectivity index (χ3n) is 2.12. The van der Waals surface area contributed by atoms with Crippen LogP contribution in [0.2, 0.25) is 0 Å². The number of hydrogen-bond donors (Lipinski definition) is 2. The van der Waals surface area contributed by atoms with Crippen molar-refractivity contribution in [2.75, 3.05) is 0 Å². The fraction of sp³-hybridized carbons (Fsp3) is 0.300. The van der Waals surface area contributed by atoms with Gasteiger partial charge in [-0.3, -0.25) is 9.89 Å². The summed E-state index contributed by atoms with van der Waals surface area (Å²) < 4.78 is 0. The van der Waals surface area contributed by atoms with Gasteiger partial charge in [-0.15, -0.1) is 11.3 Å². The van der Waals surface area contributed by atoms with E-state index >= 15 is 0 Å². The predicted octanol–water partition coefficient (Wildman–Crippen LogP) is 1.67. The minimum absolute atomic E-state index is 0.0823. The van der Waals surface area contributed by atoms with Gasteiger partial charge in [0.15, 0.2) is 0 Å². The Morgan fingerprint density at radius 2 is 2.44 bits per heavy atom. The molecule has 2 rings (SSSR count). The first-order chi connectivity index (χ1) is 7.66. The monoisotopic (exact) mass is 236 g/mol. The van der Waals surface area contributed by atoms with Crippen molar-refractivity contribution in [3.8, 4) is 0 Å². The van der Waals surface area contributed by atoms with Gasteiger partial charge in [-0.25, -0.2) is 4.98 Å². The molecular formula is C10H12N4OS. The highest BCUT2D eigenvalue weighted by atomic mass is 32.1. The zero-order valence-electron chi connectivity index (χ0n) is 9.02. The topological polar surface area (TPSA) is 70.7 Å². The summed E-state index contributed by atoms with van der Waals surface area (Å²) in [6.45, 7) is 3.85. The lowest BCUT2D eigenvalue weighted by Crippen LogP contribution is -2.26. The molecular weight excluding hydrogens is 224 g/mol. The molecule has 0 radical (unpaired) electrons. The number of nitrogens with zero attached hydrogens (tertiary/aromatic N) is 2. The SMILES string of the molecule is Cc1csc(C(C)NC(=O)c2cn[nH]c2)n1. The minimum Gasteiger partial charge on any atom is -0.343 e. The number of aromatic amines is 1. The van der Waals surface area contributed by atoms with Crippen molar-refractivity contribution >= 4 is 17.2 Å². The molecule has 2 heterocycles. The minimum atomic E-state index is -0.144. The van der Waals surface area contributed by atoms with Crippen LogP contribution in [0.1, 0.15) is 34.0 Å². The second-order valence-electron chi connectivity index (χ2n) is 3.51. The van der Waals surface area contributed by atoms with E-state index < -0.39 is 0 Å². The van der Waals surface area contributed by atoms with E-state index in [1.165, 1.54) is 6.20 Å². The molecule has 16 heavy (non-hydrogen) atoms. The highest BCUT2D eigenvalue weighted by molar-refractivity contribution is 7.09. The number of hydrogen-bond acceptors (Lipinski definition) is 4. The molecule has 0 spiro atoms. The maximum absolute atomic E-state index is 11.7. The molecule has 5 nitrogen and oxygen atoms in total. The number of rotatable bonds is 3. The standard InChI is InChI=1S/C10H12N4OS/c1-6-5-16-10(13-6)7(2)14-9(15)8-3-11-12-4-8/h3-5,7H,1-2H3,(H,11,12)(H,14,15). The first-order valence-electron chi connectivity index (χ1n) is 4.88. The van der Waals surface area contributed by atoms with Gasteiger partial charge >= 0.3 is 0 Å². The molecule has 6 heteroatoms. The lowest BCUT2D eigenvalue weighted by molar-refractivity contribution is 0.0940. The van der Waals surface area contributed by atoms with Gasteiger partial charge in [0, 0.05) is 17.3 Å². The van der Waals surface area contributed by atoms with Gasteiger partial charge in [0.2, 0.25) is 0 Å². The van der Waals surface area contributed by atoms with Crippen LogP contribution < -0.4 is 5.32 Å². The third kappa shape index (κ3) is 2.27. The Bertz CT molecular complexity index is 477. The van der Waals surface area contributed by atoms with Crippen molar-refractivity contribution in [3.63, 3.8) is 0 Å². The van der Waals surface area contributed by atoms with Crippen LogP contribution in [0.3, 0.4) is 0 Å². The normalized spacial score (nSPS) is 12.4. The van der Waals surface area contributed by atoms with Crippen LogP contribution in [-0.2, 0) is 0 Å². The van der Waals surface area contributed by atoms with Crippen LogP contribution in [-0.4, -0.2) is 21.1 Å². The molecule has 0 aliphatic rings. The van der Waals surface area contributed by atoms with Crippen molar-refractivity contribution in [2.24, 2.45) is 0 Å². The molecule has 0 aliphatic heterocycles. The molecule has 0 saturated heterocycles. The molecule has 1 atom stereocenters. The van der Waals surface area contributed by atoms with E-state index in [4.69, 9.17) is 0 Å². The van der Waals surface area contributed by atoms with Crippen molar-refractivity contribution in [1.82, 2.24) is 20.5 Å². The number of carbonyl (C=O) groups is 1. The quantitative estimate of drug-likeness (QED) is 0.851. The van der Waals surface area contributed by atoms with Gasteiger partial charge in [-0.1, -0.05) is 0 Å².